The fourth-order valence-corrected chi connectivity index (χ4v) is 2.60. The van der Waals surface area contributed by atoms with Gasteiger partial charge in [-0.25, -0.2) is 4.98 Å². The minimum absolute atomic E-state index is 0.0262. The quantitative estimate of drug-likeness (QED) is 0.615. The van der Waals surface area contributed by atoms with Crippen molar-refractivity contribution in [3.05, 3.63) is 16.4 Å². The first-order valence-corrected chi connectivity index (χ1v) is 7.19. The summed E-state index contributed by atoms with van der Waals surface area (Å²) in [5.41, 5.74) is 0.467. The number of aromatic nitrogens is 2. The maximum atomic E-state index is 13.2. The van der Waals surface area contributed by atoms with E-state index in [2.05, 4.69) is 35.4 Å². The molecule has 2 heterocycles. The predicted molar refractivity (Wildman–Crippen MR) is 74.1 cm³/mol. The lowest BCUT2D eigenvalue weighted by Crippen LogP contribution is -2.43. The molecule has 0 saturated heterocycles. The molecule has 1 aliphatic heterocycles. The number of fused-ring (bicyclic) bond motifs is 2. The fraction of sp³-hybridized carbons (Fsp3) is 0.300. The van der Waals surface area contributed by atoms with Gasteiger partial charge in [-0.3, -0.25) is 0 Å². The van der Waals surface area contributed by atoms with Crippen molar-refractivity contribution in [2.75, 3.05) is 0 Å². The molecule has 1 aliphatic rings. The summed E-state index contributed by atoms with van der Waals surface area (Å²) in [6.07, 6.45) is -7.04. The number of halogens is 7. The number of H-pyrrole nitrogens is 1. The topological polar surface area (TPSA) is 47.1 Å². The molecule has 4 nitrogen and oxygen atoms in total. The van der Waals surface area contributed by atoms with Crippen molar-refractivity contribution in [3.8, 4) is 11.5 Å². The van der Waals surface area contributed by atoms with Crippen molar-refractivity contribution in [2.24, 2.45) is 0 Å². The molecular weight excluding hydrogens is 423 g/mol. The zero-order chi connectivity index (χ0) is 15.6. The van der Waals surface area contributed by atoms with E-state index in [9.17, 15) is 13.2 Å². The number of hydrogen-bond donors (Lipinski definition) is 1. The number of imidazole rings is 1. The Kier molecular flexibility index (Phi) is 3.44. The zero-order valence-corrected chi connectivity index (χ0v) is 13.4. The molecule has 1 aromatic carbocycles. The monoisotopic (exact) mass is 424 g/mol. The molecule has 0 bridgehead atoms. The molecule has 114 valence electrons. The van der Waals surface area contributed by atoms with Crippen LogP contribution >= 0.6 is 50.7 Å². The third-order valence-corrected chi connectivity index (χ3v) is 3.91. The minimum Gasteiger partial charge on any atom is -0.447 e. The molecule has 3 rings (SSSR count). The second kappa shape index (κ2) is 4.71. The van der Waals surface area contributed by atoms with Crippen molar-refractivity contribution in [2.45, 2.75) is 16.3 Å². The van der Waals surface area contributed by atoms with Crippen LogP contribution in [0.4, 0.5) is 13.2 Å². The van der Waals surface area contributed by atoms with Gasteiger partial charge in [0.2, 0.25) is 3.79 Å². The van der Waals surface area contributed by atoms with Crippen LogP contribution in [0.5, 0.6) is 11.5 Å². The summed E-state index contributed by atoms with van der Waals surface area (Å²) >= 11 is 20.1. The van der Waals surface area contributed by atoms with Crippen molar-refractivity contribution in [1.29, 1.82) is 0 Å². The molecule has 2 aromatic rings. The minimum atomic E-state index is -4.11. The van der Waals surface area contributed by atoms with Crippen molar-refractivity contribution < 1.29 is 22.6 Å². The maximum absolute atomic E-state index is 13.2. The van der Waals surface area contributed by atoms with Gasteiger partial charge in [0, 0.05) is 6.07 Å². The summed E-state index contributed by atoms with van der Waals surface area (Å²) in [4.78, 5) is 6.67. The highest BCUT2D eigenvalue weighted by molar-refractivity contribution is 9.10. The van der Waals surface area contributed by atoms with Gasteiger partial charge in [-0.15, -0.1) is 0 Å². The number of ether oxygens (including phenoxy) is 2. The SMILES string of the molecule is FC1Oc2cc3[nH]c(C(Cl)(Cl)Cl)nc3c(Br)c2OC1(F)F. The normalized spacial score (nSPS) is 20.8. The van der Waals surface area contributed by atoms with E-state index < -0.39 is 16.3 Å². The van der Waals surface area contributed by atoms with Crippen LogP contribution in [0.25, 0.3) is 11.0 Å². The average Bonchev–Trinajstić information content (AvgIpc) is 2.76. The van der Waals surface area contributed by atoms with Gasteiger partial charge >= 0.3 is 12.5 Å². The Morgan fingerprint density at radius 1 is 1.38 bits per heavy atom. The molecule has 11 heteroatoms. The molecule has 0 spiro atoms. The predicted octanol–water partition coefficient (Wildman–Crippen LogP) is 4.81. The smallest absolute Gasteiger partial charge is 0.447 e. The molecule has 1 atom stereocenters. The summed E-state index contributed by atoms with van der Waals surface area (Å²) in [6, 6.07) is 1.23. The Labute approximate surface area is 138 Å². The Morgan fingerprint density at radius 2 is 2.05 bits per heavy atom. The number of aromatic amines is 1. The van der Waals surface area contributed by atoms with Crippen molar-refractivity contribution in [1.82, 2.24) is 9.97 Å². The lowest BCUT2D eigenvalue weighted by Gasteiger charge is -2.28. The molecule has 0 aliphatic carbocycles. The third kappa shape index (κ3) is 2.52. The first-order valence-electron chi connectivity index (χ1n) is 5.26. The van der Waals surface area contributed by atoms with Crippen LogP contribution in [0.1, 0.15) is 5.82 Å². The van der Waals surface area contributed by atoms with E-state index in [4.69, 9.17) is 34.8 Å². The van der Waals surface area contributed by atoms with Crippen LogP contribution in [0.3, 0.4) is 0 Å². The number of hydrogen-bond acceptors (Lipinski definition) is 3. The second-order valence-corrected chi connectivity index (χ2v) is 7.17. The average molecular weight is 426 g/mol. The van der Waals surface area contributed by atoms with Gasteiger partial charge in [0.15, 0.2) is 17.3 Å². The maximum Gasteiger partial charge on any atom is 0.468 e. The van der Waals surface area contributed by atoms with E-state index in [1.165, 1.54) is 6.07 Å². The number of benzene rings is 1. The lowest BCUT2D eigenvalue weighted by molar-refractivity contribution is -0.281. The van der Waals surface area contributed by atoms with Crippen LogP contribution in [0.15, 0.2) is 10.5 Å². The Hall–Kier alpha value is -0.570. The summed E-state index contributed by atoms with van der Waals surface area (Å²) < 4.78 is 46.6. The van der Waals surface area contributed by atoms with Crippen molar-refractivity contribution in [3.63, 3.8) is 0 Å². The van der Waals surface area contributed by atoms with E-state index in [1.54, 1.807) is 0 Å². The van der Waals surface area contributed by atoms with E-state index in [1.807, 2.05) is 0 Å². The lowest BCUT2D eigenvalue weighted by atomic mass is 10.2. The summed E-state index contributed by atoms with van der Waals surface area (Å²) in [5, 5.41) is 0. The number of rotatable bonds is 0. The van der Waals surface area contributed by atoms with Crippen LogP contribution < -0.4 is 9.47 Å². The number of nitrogens with one attached hydrogen (secondary N) is 1. The Morgan fingerprint density at radius 3 is 2.67 bits per heavy atom. The van der Waals surface area contributed by atoms with E-state index in [-0.39, 0.29) is 27.3 Å². The highest BCUT2D eigenvalue weighted by atomic mass is 79.9. The van der Waals surface area contributed by atoms with E-state index in [0.29, 0.717) is 5.52 Å². The highest BCUT2D eigenvalue weighted by Gasteiger charge is 2.50. The molecule has 1 unspecified atom stereocenters. The molecule has 1 N–H and O–H groups in total. The summed E-state index contributed by atoms with van der Waals surface area (Å²) in [5.74, 6) is -0.648. The molecule has 21 heavy (non-hydrogen) atoms. The zero-order valence-electron chi connectivity index (χ0n) is 9.56. The first kappa shape index (κ1) is 15.3. The van der Waals surface area contributed by atoms with Gasteiger partial charge in [0.25, 0.3) is 0 Å². The van der Waals surface area contributed by atoms with Crippen LogP contribution in [-0.2, 0) is 3.79 Å². The fourth-order valence-electron chi connectivity index (χ4n) is 1.75. The molecule has 0 saturated carbocycles. The van der Waals surface area contributed by atoms with Crippen molar-refractivity contribution >= 4 is 61.8 Å². The van der Waals surface area contributed by atoms with Gasteiger partial charge in [-0.1, -0.05) is 34.8 Å². The Balaban J connectivity index is 2.21. The van der Waals surface area contributed by atoms with Crippen LogP contribution in [0.2, 0.25) is 0 Å². The molecule has 0 fully saturated rings. The number of alkyl halides is 6. The standard InChI is InChI=1S/C10H3BrCl3F3N2O2/c11-4-5-2(18-8(19-5)9(12,13)14)1-3-6(4)21-10(16,17)7(15)20-3/h1,7H,(H,18,19). The Bertz CT molecular complexity index is 734. The van der Waals surface area contributed by atoms with E-state index in [0.717, 1.165) is 0 Å². The van der Waals surface area contributed by atoms with E-state index >= 15 is 0 Å². The number of nitrogens with zero attached hydrogens (tertiary/aromatic N) is 1. The summed E-state index contributed by atoms with van der Waals surface area (Å²) in [6.45, 7) is 0. The third-order valence-electron chi connectivity index (χ3n) is 2.64. The largest absolute Gasteiger partial charge is 0.468 e. The molecule has 0 radical (unpaired) electrons. The highest BCUT2D eigenvalue weighted by Crippen LogP contribution is 2.48. The molecule has 1 aromatic heterocycles. The van der Waals surface area contributed by atoms with Gasteiger partial charge in [-0.2, -0.15) is 13.2 Å². The molecular formula is C10H3BrCl3F3N2O2. The molecule has 0 amide bonds. The van der Waals surface area contributed by atoms with Gasteiger partial charge in [0.05, 0.1) is 9.99 Å². The first-order chi connectivity index (χ1) is 9.59. The van der Waals surface area contributed by atoms with Gasteiger partial charge in [-0.05, 0) is 15.9 Å². The van der Waals surface area contributed by atoms with Crippen LogP contribution in [-0.4, -0.2) is 22.4 Å². The second-order valence-electron chi connectivity index (χ2n) is 4.09. The summed E-state index contributed by atoms with van der Waals surface area (Å²) in [7, 11) is 0. The van der Waals surface area contributed by atoms with Gasteiger partial charge < -0.3 is 14.5 Å². The van der Waals surface area contributed by atoms with Crippen LogP contribution in [0, 0.1) is 0 Å². The van der Waals surface area contributed by atoms with Gasteiger partial charge in [0.1, 0.15) is 5.52 Å².